The molecule has 9 heteroatoms. The number of ether oxygens (including phenoxy) is 1. The van der Waals surface area contributed by atoms with Crippen LogP contribution in [0.1, 0.15) is 17.6 Å². The summed E-state index contributed by atoms with van der Waals surface area (Å²) in [5.41, 5.74) is 3.57. The van der Waals surface area contributed by atoms with Gasteiger partial charge in [-0.1, -0.05) is 0 Å². The topological polar surface area (TPSA) is 108 Å². The lowest BCUT2D eigenvalue weighted by Gasteiger charge is -2.09. The number of aromatic nitrogens is 1. The van der Waals surface area contributed by atoms with Gasteiger partial charge in [0.15, 0.2) is 0 Å². The summed E-state index contributed by atoms with van der Waals surface area (Å²) in [5, 5.41) is 10.5. The zero-order valence-electron chi connectivity index (χ0n) is 9.22. The molecule has 0 radical (unpaired) electrons. The van der Waals surface area contributed by atoms with Crippen molar-refractivity contribution in [2.75, 3.05) is 12.8 Å². The van der Waals surface area contributed by atoms with Crippen molar-refractivity contribution in [3.05, 3.63) is 27.4 Å². The molecular weight excluding hydrogens is 252 g/mol. The molecule has 1 heterocycles. The predicted octanol–water partition coefficient (Wildman–Crippen LogP) is 1.23. The van der Waals surface area contributed by atoms with Crippen LogP contribution in [0.15, 0.2) is 6.20 Å². The Bertz CT molecular complexity index is 493. The van der Waals surface area contributed by atoms with Gasteiger partial charge in [-0.15, -0.1) is 0 Å². The molecule has 0 saturated heterocycles. The first-order valence-corrected chi connectivity index (χ1v) is 4.65. The molecule has 0 saturated carbocycles. The van der Waals surface area contributed by atoms with E-state index in [9.17, 15) is 23.7 Å². The molecule has 0 amide bonds. The van der Waals surface area contributed by atoms with Crippen LogP contribution >= 0.6 is 0 Å². The normalized spacial score (nSPS) is 10.4. The largest absolute Gasteiger partial charge is 0.469 e. The van der Waals surface area contributed by atoms with Gasteiger partial charge in [0.05, 0.1) is 19.1 Å². The molecule has 1 aromatic rings. The number of hydrogen-bond donors (Lipinski definition) is 1. The van der Waals surface area contributed by atoms with Crippen molar-refractivity contribution in [3.63, 3.8) is 0 Å². The van der Waals surface area contributed by atoms with E-state index in [1.807, 2.05) is 0 Å². The molecule has 0 aliphatic carbocycles. The van der Waals surface area contributed by atoms with Gasteiger partial charge in [0, 0.05) is 5.56 Å². The molecule has 0 atom stereocenters. The number of methoxy groups -OCH3 is 1. The van der Waals surface area contributed by atoms with Gasteiger partial charge in [0.25, 0.3) is 6.43 Å². The lowest BCUT2D eigenvalue weighted by atomic mass is 10.1. The smallest absolute Gasteiger partial charge is 0.387 e. The Hall–Kier alpha value is -2.32. The molecule has 0 fully saturated rings. The van der Waals surface area contributed by atoms with Gasteiger partial charge in [-0.2, -0.15) is 0 Å². The Labute approximate surface area is 99.7 Å². The standard InChI is InChI=1S/C9H9F2N3O4/c1-18-5(15)2-4-3-13-9(14(16)17)7(12)6(4)8(10)11/h3,8H,2,12H2,1H3. The molecule has 18 heavy (non-hydrogen) atoms. The van der Waals surface area contributed by atoms with E-state index in [1.165, 1.54) is 0 Å². The second kappa shape index (κ2) is 5.34. The van der Waals surface area contributed by atoms with Crippen molar-refractivity contribution >= 4 is 17.5 Å². The number of carbonyl (C=O) groups is 1. The molecular formula is C9H9F2N3O4. The Kier molecular flexibility index (Phi) is 4.08. The summed E-state index contributed by atoms with van der Waals surface area (Å²) >= 11 is 0. The summed E-state index contributed by atoms with van der Waals surface area (Å²) in [6.45, 7) is 0. The maximum atomic E-state index is 12.8. The van der Waals surface area contributed by atoms with Gasteiger partial charge in [-0.25, -0.2) is 8.78 Å². The number of rotatable bonds is 4. The Morgan fingerprint density at radius 1 is 1.67 bits per heavy atom. The molecule has 0 bridgehead atoms. The molecule has 0 unspecified atom stereocenters. The summed E-state index contributed by atoms with van der Waals surface area (Å²) in [6.07, 6.45) is -2.70. The number of esters is 1. The third kappa shape index (κ3) is 2.67. The van der Waals surface area contributed by atoms with E-state index < -0.39 is 40.8 Å². The number of nitro groups is 1. The Balaban J connectivity index is 3.32. The summed E-state index contributed by atoms with van der Waals surface area (Å²) in [7, 11) is 1.09. The first-order valence-electron chi connectivity index (χ1n) is 4.65. The van der Waals surface area contributed by atoms with E-state index in [1.54, 1.807) is 0 Å². The van der Waals surface area contributed by atoms with Gasteiger partial charge in [0.2, 0.25) is 0 Å². The molecule has 2 N–H and O–H groups in total. The van der Waals surface area contributed by atoms with Crippen molar-refractivity contribution in [2.45, 2.75) is 12.8 Å². The SMILES string of the molecule is COC(=O)Cc1cnc([N+](=O)[O-])c(N)c1C(F)F. The summed E-state index contributed by atoms with van der Waals surface area (Å²) in [4.78, 5) is 23.9. The highest BCUT2D eigenvalue weighted by Crippen LogP contribution is 2.33. The number of anilines is 1. The zero-order chi connectivity index (χ0) is 13.9. The zero-order valence-corrected chi connectivity index (χ0v) is 9.22. The summed E-state index contributed by atoms with van der Waals surface area (Å²) in [6, 6.07) is 0. The number of carbonyl (C=O) groups excluding carboxylic acids is 1. The van der Waals surface area contributed by atoms with E-state index >= 15 is 0 Å². The second-order valence-corrected chi connectivity index (χ2v) is 3.25. The highest BCUT2D eigenvalue weighted by molar-refractivity contribution is 5.74. The Morgan fingerprint density at radius 3 is 2.72 bits per heavy atom. The van der Waals surface area contributed by atoms with Crippen molar-refractivity contribution in [3.8, 4) is 0 Å². The second-order valence-electron chi connectivity index (χ2n) is 3.25. The fourth-order valence-corrected chi connectivity index (χ4v) is 1.34. The maximum absolute atomic E-state index is 12.8. The van der Waals surface area contributed by atoms with Crippen LogP contribution in [0, 0.1) is 10.1 Å². The van der Waals surface area contributed by atoms with E-state index in [4.69, 9.17) is 5.73 Å². The number of nitrogens with two attached hydrogens (primary N) is 1. The quantitative estimate of drug-likeness (QED) is 0.496. The number of pyridine rings is 1. The first-order chi connectivity index (χ1) is 8.38. The van der Waals surface area contributed by atoms with Crippen LogP contribution in [0.25, 0.3) is 0 Å². The van der Waals surface area contributed by atoms with Crippen LogP contribution < -0.4 is 5.73 Å². The monoisotopic (exact) mass is 261 g/mol. The van der Waals surface area contributed by atoms with E-state index in [-0.39, 0.29) is 5.56 Å². The number of alkyl halides is 2. The van der Waals surface area contributed by atoms with Crippen LogP contribution in [0.2, 0.25) is 0 Å². The number of halogens is 2. The average Bonchev–Trinajstić information content (AvgIpc) is 2.27. The van der Waals surface area contributed by atoms with Crippen molar-refractivity contribution in [1.29, 1.82) is 0 Å². The fourth-order valence-electron chi connectivity index (χ4n) is 1.34. The van der Waals surface area contributed by atoms with E-state index in [0.717, 1.165) is 13.3 Å². The summed E-state index contributed by atoms with van der Waals surface area (Å²) in [5.74, 6) is -1.63. The Morgan fingerprint density at radius 2 is 2.28 bits per heavy atom. The minimum absolute atomic E-state index is 0.194. The highest BCUT2D eigenvalue weighted by atomic mass is 19.3. The molecule has 0 aliphatic heterocycles. The number of nitrogens with zero attached hydrogens (tertiary/aromatic N) is 2. The molecule has 1 aromatic heterocycles. The molecule has 1 rings (SSSR count). The molecule has 0 aromatic carbocycles. The van der Waals surface area contributed by atoms with E-state index in [2.05, 4.69) is 9.72 Å². The fraction of sp³-hybridized carbons (Fsp3) is 0.333. The van der Waals surface area contributed by atoms with Crippen molar-refractivity contribution in [2.24, 2.45) is 0 Å². The molecule has 0 spiro atoms. The van der Waals surface area contributed by atoms with Crippen molar-refractivity contribution in [1.82, 2.24) is 4.98 Å². The molecule has 7 nitrogen and oxygen atoms in total. The van der Waals surface area contributed by atoms with Crippen LogP contribution in [-0.4, -0.2) is 23.0 Å². The van der Waals surface area contributed by atoms with Gasteiger partial charge in [-0.05, 0) is 9.91 Å². The molecule has 98 valence electrons. The lowest BCUT2D eigenvalue weighted by Crippen LogP contribution is -2.11. The number of hydrogen-bond acceptors (Lipinski definition) is 6. The maximum Gasteiger partial charge on any atom is 0.387 e. The minimum atomic E-state index is -3.05. The van der Waals surface area contributed by atoms with E-state index in [0.29, 0.717) is 0 Å². The average molecular weight is 261 g/mol. The van der Waals surface area contributed by atoms with Gasteiger partial charge in [-0.3, -0.25) is 4.79 Å². The lowest BCUT2D eigenvalue weighted by molar-refractivity contribution is -0.388. The van der Waals surface area contributed by atoms with Crippen molar-refractivity contribution < 1.29 is 23.2 Å². The third-order valence-electron chi connectivity index (χ3n) is 2.17. The summed E-state index contributed by atoms with van der Waals surface area (Å²) < 4.78 is 29.9. The predicted molar refractivity (Wildman–Crippen MR) is 56.0 cm³/mol. The van der Waals surface area contributed by atoms with Crippen LogP contribution in [0.5, 0.6) is 0 Å². The highest BCUT2D eigenvalue weighted by Gasteiger charge is 2.27. The molecule has 0 aliphatic rings. The van der Waals surface area contributed by atoms with Gasteiger partial charge >= 0.3 is 11.8 Å². The minimum Gasteiger partial charge on any atom is -0.469 e. The van der Waals surface area contributed by atoms with Crippen LogP contribution in [0.4, 0.5) is 20.3 Å². The third-order valence-corrected chi connectivity index (χ3v) is 2.17. The van der Waals surface area contributed by atoms with Crippen LogP contribution in [-0.2, 0) is 16.0 Å². The number of nitrogen functional groups attached to an aromatic ring is 1. The van der Waals surface area contributed by atoms with Gasteiger partial charge < -0.3 is 20.6 Å². The van der Waals surface area contributed by atoms with Gasteiger partial charge in [0.1, 0.15) is 11.9 Å². The first kappa shape index (κ1) is 13.7. The van der Waals surface area contributed by atoms with Crippen LogP contribution in [0.3, 0.4) is 0 Å².